The minimum absolute atomic E-state index is 0.0700. The molecule has 21 heteroatoms. The summed E-state index contributed by atoms with van der Waals surface area (Å²) in [5, 5.41) is 20.6. The number of anilines is 1. The highest BCUT2D eigenvalue weighted by molar-refractivity contribution is 7.72. The van der Waals surface area contributed by atoms with Gasteiger partial charge in [0.2, 0.25) is 0 Å². The van der Waals surface area contributed by atoms with Crippen molar-refractivity contribution in [3.05, 3.63) is 12.7 Å². The van der Waals surface area contributed by atoms with Crippen LogP contribution in [-0.2, 0) is 36.6 Å². The van der Waals surface area contributed by atoms with E-state index in [-0.39, 0.29) is 17.0 Å². The number of nitrogens with one attached hydrogen (secondary N) is 1. The Morgan fingerprint density at radius 2 is 1.87 bits per heavy atom. The number of nitrogens with two attached hydrogens (primary N) is 1. The summed E-state index contributed by atoms with van der Waals surface area (Å²) in [5.41, 5.74) is 6.10. The Bertz CT molecular complexity index is 1140. The van der Waals surface area contributed by atoms with E-state index in [9.17, 15) is 33.7 Å². The van der Waals surface area contributed by atoms with Crippen LogP contribution in [0, 0.1) is 0 Å². The number of rotatable bonds is 4. The molecule has 7 atom stereocenters. The van der Waals surface area contributed by atoms with Crippen molar-refractivity contribution in [2.24, 2.45) is 0 Å². The SMILES string of the molecule is Nc1ncnc2c1ncn2[C@@H]1O[C@H](CO[P@]2(=O)OOP(=O)(O)NP(=O)(O)O2)[C@@H](O)[C@H]1O. The molecule has 4 heterocycles. The Labute approximate surface area is 171 Å². The van der Waals surface area contributed by atoms with Gasteiger partial charge < -0.3 is 30.5 Å². The number of ether oxygens (including phenoxy) is 1. The molecule has 0 aliphatic carbocycles. The number of nitrogens with zero attached hydrogens (tertiary/aromatic N) is 4. The molecule has 0 aromatic carbocycles. The first-order valence-electron chi connectivity index (χ1n) is 8.13. The number of hydrogen-bond acceptors (Lipinski definition) is 14. The zero-order valence-electron chi connectivity index (χ0n) is 14.9. The molecule has 4 rings (SSSR count). The lowest BCUT2D eigenvalue weighted by Crippen LogP contribution is -2.33. The Hall–Kier alpha value is -1.36. The average Bonchev–Trinajstić information content (AvgIpc) is 3.18. The van der Waals surface area contributed by atoms with Crippen molar-refractivity contribution >= 4 is 40.3 Å². The van der Waals surface area contributed by atoms with Crippen LogP contribution in [0.4, 0.5) is 5.82 Å². The van der Waals surface area contributed by atoms with E-state index in [0.29, 0.717) is 0 Å². The quantitative estimate of drug-likeness (QED) is 0.214. The molecule has 0 radical (unpaired) electrons. The number of fused-ring (bicyclic) bond motifs is 1. The van der Waals surface area contributed by atoms with E-state index in [4.69, 9.17) is 15.0 Å². The predicted molar refractivity (Wildman–Crippen MR) is 95.3 cm³/mol. The molecule has 2 saturated heterocycles. The first-order valence-corrected chi connectivity index (χ1v) is 12.7. The van der Waals surface area contributed by atoms with Crippen molar-refractivity contribution in [3.63, 3.8) is 0 Å². The van der Waals surface area contributed by atoms with Crippen LogP contribution in [0.15, 0.2) is 12.7 Å². The minimum atomic E-state index is -5.14. The van der Waals surface area contributed by atoms with Crippen molar-refractivity contribution in [1.29, 1.82) is 0 Å². The predicted octanol–water partition coefficient (Wildman–Crippen LogP) is -1.08. The summed E-state index contributed by atoms with van der Waals surface area (Å²) in [6, 6.07) is 0. The summed E-state index contributed by atoms with van der Waals surface area (Å²) in [6.45, 7) is -0.825. The van der Waals surface area contributed by atoms with Crippen LogP contribution in [0.1, 0.15) is 6.23 Å². The van der Waals surface area contributed by atoms with Gasteiger partial charge in [0, 0.05) is 0 Å². The molecule has 2 aromatic heterocycles. The maximum absolute atomic E-state index is 12.4. The second-order valence-electron chi connectivity index (χ2n) is 6.24. The molecule has 2 unspecified atom stereocenters. The number of phosphoric acid groups is 1. The first-order chi connectivity index (χ1) is 14.4. The topological polar surface area (TPSA) is 260 Å². The summed E-state index contributed by atoms with van der Waals surface area (Å²) in [6.07, 6.45) is -3.37. The summed E-state index contributed by atoms with van der Waals surface area (Å²) < 4.78 is 59.2. The molecule has 172 valence electrons. The third-order valence-corrected chi connectivity index (χ3v) is 8.91. The number of nitrogen functional groups attached to an aromatic ring is 1. The highest BCUT2D eigenvalue weighted by atomic mass is 31.3. The number of hydrogen-bond donors (Lipinski definition) is 6. The van der Waals surface area contributed by atoms with Crippen LogP contribution in [0.3, 0.4) is 0 Å². The van der Waals surface area contributed by atoms with Gasteiger partial charge in [0.15, 0.2) is 17.7 Å². The number of aliphatic hydroxyl groups is 2. The van der Waals surface area contributed by atoms with Crippen molar-refractivity contribution in [2.75, 3.05) is 12.3 Å². The lowest BCUT2D eigenvalue weighted by atomic mass is 10.1. The summed E-state index contributed by atoms with van der Waals surface area (Å²) >= 11 is 0. The van der Waals surface area contributed by atoms with Crippen LogP contribution >= 0.6 is 23.3 Å². The molecule has 2 aliphatic rings. The van der Waals surface area contributed by atoms with Crippen LogP contribution in [-0.4, -0.2) is 64.4 Å². The Balaban J connectivity index is 1.50. The van der Waals surface area contributed by atoms with Crippen LogP contribution in [0.2, 0.25) is 0 Å². The average molecular weight is 504 g/mol. The Kier molecular flexibility index (Phi) is 5.81. The van der Waals surface area contributed by atoms with E-state index in [2.05, 4.69) is 28.6 Å². The Morgan fingerprint density at radius 3 is 2.61 bits per heavy atom. The van der Waals surface area contributed by atoms with Gasteiger partial charge >= 0.3 is 23.3 Å². The molecule has 0 amide bonds. The molecule has 2 aliphatic heterocycles. The summed E-state index contributed by atoms with van der Waals surface area (Å²) in [5.74, 6) is 0.0700. The zero-order valence-corrected chi connectivity index (χ0v) is 17.6. The maximum atomic E-state index is 12.4. The van der Waals surface area contributed by atoms with Gasteiger partial charge in [0.1, 0.15) is 30.2 Å². The lowest BCUT2D eigenvalue weighted by Gasteiger charge is -2.18. The monoisotopic (exact) mass is 504 g/mol. The van der Waals surface area contributed by atoms with E-state index in [1.807, 2.05) is 0 Å². The molecule has 7 N–H and O–H groups in total. The molecular weight excluding hydrogens is 489 g/mol. The van der Waals surface area contributed by atoms with Crippen molar-refractivity contribution in [2.45, 2.75) is 24.5 Å². The van der Waals surface area contributed by atoms with Gasteiger partial charge in [-0.3, -0.25) is 9.09 Å². The molecule has 18 nitrogen and oxygen atoms in total. The zero-order chi connectivity index (χ0) is 22.6. The first kappa shape index (κ1) is 22.8. The Morgan fingerprint density at radius 1 is 1.13 bits per heavy atom. The van der Waals surface area contributed by atoms with Gasteiger partial charge in [-0.25, -0.2) is 28.6 Å². The highest BCUT2D eigenvalue weighted by Crippen LogP contribution is 2.69. The molecule has 2 fully saturated rings. The fourth-order valence-electron chi connectivity index (χ4n) is 2.79. The second-order valence-corrected chi connectivity index (χ2v) is 11.2. The molecular formula is C10H15N6O12P3. The van der Waals surface area contributed by atoms with Crippen molar-refractivity contribution in [3.8, 4) is 0 Å². The fraction of sp³-hybridized carbons (Fsp3) is 0.500. The van der Waals surface area contributed by atoms with E-state index in [1.54, 1.807) is 0 Å². The largest absolute Gasteiger partial charge is 0.510 e. The number of aliphatic hydroxyl groups excluding tert-OH is 2. The standard InChI is InChI=1S/C10H15N6O12P3/c11-8-5-9(13-2-12-8)16(3-14-5)10-7(18)6(17)4(25-10)1-24-31(23)27-26-29(19,20)15-30(21,22)28-31/h2-4,6-7,10,17-18H,1H2,(H2,11,12,13)(H3,15,19,20,21,22)/t4-,6-,7-,10-,31-/m1/s1. The van der Waals surface area contributed by atoms with E-state index in [1.165, 1.54) is 15.8 Å². The number of aromatic nitrogens is 4. The summed E-state index contributed by atoms with van der Waals surface area (Å²) in [7, 11) is -15.2. The maximum Gasteiger partial charge on any atom is 0.510 e. The van der Waals surface area contributed by atoms with Crippen LogP contribution in [0.25, 0.3) is 11.2 Å². The van der Waals surface area contributed by atoms with Crippen LogP contribution < -0.4 is 10.6 Å². The van der Waals surface area contributed by atoms with Crippen LogP contribution in [0.5, 0.6) is 0 Å². The molecule has 0 spiro atoms. The van der Waals surface area contributed by atoms with Crippen molar-refractivity contribution in [1.82, 2.24) is 24.4 Å². The van der Waals surface area contributed by atoms with E-state index in [0.717, 1.165) is 6.33 Å². The van der Waals surface area contributed by atoms with Gasteiger partial charge in [0.05, 0.1) is 12.9 Å². The third kappa shape index (κ3) is 4.58. The van der Waals surface area contributed by atoms with Gasteiger partial charge in [-0.2, -0.15) is 4.31 Å². The fourth-order valence-corrected chi connectivity index (χ4v) is 7.12. The molecule has 31 heavy (non-hydrogen) atoms. The normalized spacial score (nSPS) is 41.4. The van der Waals surface area contributed by atoms with Gasteiger partial charge in [-0.05, 0) is 0 Å². The lowest BCUT2D eigenvalue weighted by molar-refractivity contribution is -0.136. The molecule has 0 bridgehead atoms. The summed E-state index contributed by atoms with van der Waals surface area (Å²) in [4.78, 5) is 31.6. The highest BCUT2D eigenvalue weighted by Gasteiger charge is 2.50. The minimum Gasteiger partial charge on any atom is -0.387 e. The van der Waals surface area contributed by atoms with E-state index < -0.39 is 54.5 Å². The molecule has 2 aromatic rings. The van der Waals surface area contributed by atoms with E-state index >= 15 is 0 Å². The van der Waals surface area contributed by atoms with Gasteiger partial charge in [0.25, 0.3) is 0 Å². The smallest absolute Gasteiger partial charge is 0.387 e. The molecule has 0 saturated carbocycles. The van der Waals surface area contributed by atoms with Gasteiger partial charge in [-0.1, -0.05) is 0 Å². The van der Waals surface area contributed by atoms with Crippen molar-refractivity contribution < 1.29 is 56.6 Å². The second kappa shape index (κ2) is 7.90. The third-order valence-electron chi connectivity index (χ3n) is 4.08. The van der Waals surface area contributed by atoms with Gasteiger partial charge in [-0.15, -0.1) is 14.2 Å². The number of imidazole rings is 1.